The molecule has 0 aromatic heterocycles. The molecule has 0 spiro atoms. The monoisotopic (exact) mass is 286 g/mol. The standard InChI is InChI=1S/C18H26N2O/c1-4-5-11-14-17(21)20(15-12-18(15,2)3)16(19-14)13-9-7-6-8-10-13/h6-10,14-16,19H,4-5,11-12H2,1-3H3. The normalized spacial score (nSPS) is 30.7. The zero-order valence-corrected chi connectivity index (χ0v) is 13.3. The summed E-state index contributed by atoms with van der Waals surface area (Å²) >= 11 is 0. The Labute approximate surface area is 127 Å². The summed E-state index contributed by atoms with van der Waals surface area (Å²) in [6.45, 7) is 6.69. The third-order valence-corrected chi connectivity index (χ3v) is 4.95. The fourth-order valence-electron chi connectivity index (χ4n) is 3.40. The Balaban J connectivity index is 1.84. The molecule has 1 aromatic rings. The molecule has 3 unspecified atom stereocenters. The van der Waals surface area contributed by atoms with Gasteiger partial charge in [-0.3, -0.25) is 10.1 Å². The topological polar surface area (TPSA) is 32.3 Å². The fraction of sp³-hybridized carbons (Fsp3) is 0.611. The molecule has 1 aliphatic carbocycles. The second-order valence-electron chi connectivity index (χ2n) is 7.13. The molecule has 1 aromatic carbocycles. The Kier molecular flexibility index (Phi) is 3.78. The van der Waals surface area contributed by atoms with Crippen LogP contribution in [0.25, 0.3) is 0 Å². The third-order valence-electron chi connectivity index (χ3n) is 4.95. The number of benzene rings is 1. The lowest BCUT2D eigenvalue weighted by Crippen LogP contribution is -2.35. The second-order valence-corrected chi connectivity index (χ2v) is 7.13. The van der Waals surface area contributed by atoms with Crippen LogP contribution in [-0.2, 0) is 4.79 Å². The number of carbonyl (C=O) groups excluding carboxylic acids is 1. The van der Waals surface area contributed by atoms with Gasteiger partial charge < -0.3 is 4.90 Å². The predicted octanol–water partition coefficient (Wildman–Crippen LogP) is 3.47. The van der Waals surface area contributed by atoms with Gasteiger partial charge in [-0.25, -0.2) is 0 Å². The molecule has 21 heavy (non-hydrogen) atoms. The van der Waals surface area contributed by atoms with E-state index in [9.17, 15) is 4.79 Å². The average Bonchev–Trinajstić information content (AvgIpc) is 2.97. The van der Waals surface area contributed by atoms with Crippen molar-refractivity contribution in [3.05, 3.63) is 35.9 Å². The van der Waals surface area contributed by atoms with Gasteiger partial charge in [0.15, 0.2) is 0 Å². The highest BCUT2D eigenvalue weighted by Gasteiger charge is 2.56. The predicted molar refractivity (Wildman–Crippen MR) is 84.7 cm³/mol. The van der Waals surface area contributed by atoms with Gasteiger partial charge in [-0.05, 0) is 23.8 Å². The summed E-state index contributed by atoms with van der Waals surface area (Å²) in [6, 6.07) is 10.8. The zero-order valence-electron chi connectivity index (χ0n) is 13.3. The van der Waals surface area contributed by atoms with Crippen molar-refractivity contribution < 1.29 is 4.79 Å². The molecule has 0 bridgehead atoms. The zero-order chi connectivity index (χ0) is 15.0. The average molecular weight is 286 g/mol. The lowest BCUT2D eigenvalue weighted by molar-refractivity contribution is -0.131. The highest BCUT2D eigenvalue weighted by Crippen LogP contribution is 2.52. The summed E-state index contributed by atoms with van der Waals surface area (Å²) in [6.07, 6.45) is 4.35. The Bertz CT molecular complexity index is 511. The minimum atomic E-state index is -0.00782. The van der Waals surface area contributed by atoms with Gasteiger partial charge >= 0.3 is 0 Å². The first kappa shape index (κ1) is 14.6. The lowest BCUT2D eigenvalue weighted by Gasteiger charge is -2.26. The van der Waals surface area contributed by atoms with E-state index in [4.69, 9.17) is 0 Å². The number of unbranched alkanes of at least 4 members (excludes halogenated alkanes) is 1. The van der Waals surface area contributed by atoms with Crippen LogP contribution in [0.5, 0.6) is 0 Å². The molecule has 2 aliphatic rings. The number of rotatable bonds is 5. The van der Waals surface area contributed by atoms with Crippen LogP contribution in [0.1, 0.15) is 58.2 Å². The molecule has 1 amide bonds. The van der Waals surface area contributed by atoms with Crippen LogP contribution in [0.4, 0.5) is 0 Å². The van der Waals surface area contributed by atoms with E-state index < -0.39 is 0 Å². The Morgan fingerprint density at radius 1 is 1.29 bits per heavy atom. The van der Waals surface area contributed by atoms with Crippen LogP contribution >= 0.6 is 0 Å². The van der Waals surface area contributed by atoms with Crippen LogP contribution in [0.15, 0.2) is 30.3 Å². The molecule has 114 valence electrons. The van der Waals surface area contributed by atoms with Crippen LogP contribution in [0.2, 0.25) is 0 Å². The third kappa shape index (κ3) is 2.71. The molecule has 3 nitrogen and oxygen atoms in total. The summed E-state index contributed by atoms with van der Waals surface area (Å²) in [4.78, 5) is 14.9. The fourth-order valence-corrected chi connectivity index (χ4v) is 3.40. The molecule has 2 fully saturated rings. The molecule has 0 radical (unpaired) electrons. The minimum Gasteiger partial charge on any atom is -0.318 e. The van der Waals surface area contributed by atoms with E-state index in [1.807, 2.05) is 6.07 Å². The van der Waals surface area contributed by atoms with Crippen LogP contribution in [0, 0.1) is 5.41 Å². The quantitative estimate of drug-likeness (QED) is 0.899. The van der Waals surface area contributed by atoms with Crippen molar-refractivity contribution in [1.82, 2.24) is 10.2 Å². The summed E-state index contributed by atoms with van der Waals surface area (Å²) in [7, 11) is 0. The van der Waals surface area contributed by atoms with Crippen molar-refractivity contribution in [2.45, 2.75) is 64.7 Å². The highest BCUT2D eigenvalue weighted by atomic mass is 16.2. The molecule has 1 aliphatic heterocycles. The lowest BCUT2D eigenvalue weighted by atomic mass is 10.1. The van der Waals surface area contributed by atoms with Gasteiger partial charge in [-0.1, -0.05) is 63.9 Å². The first-order valence-electron chi connectivity index (χ1n) is 8.18. The summed E-state index contributed by atoms with van der Waals surface area (Å²) in [5.74, 6) is 0.299. The SMILES string of the molecule is CCCCC1NC(c2ccccc2)N(C2CC2(C)C)C1=O. The van der Waals surface area contributed by atoms with E-state index >= 15 is 0 Å². The van der Waals surface area contributed by atoms with Crippen LogP contribution < -0.4 is 5.32 Å². The van der Waals surface area contributed by atoms with Gasteiger partial charge in [0.05, 0.1) is 6.04 Å². The van der Waals surface area contributed by atoms with Crippen molar-refractivity contribution in [3.8, 4) is 0 Å². The molecule has 1 N–H and O–H groups in total. The smallest absolute Gasteiger partial charge is 0.241 e. The number of nitrogens with one attached hydrogen (secondary N) is 1. The van der Waals surface area contributed by atoms with Gasteiger partial charge in [-0.15, -0.1) is 0 Å². The van der Waals surface area contributed by atoms with E-state index in [1.54, 1.807) is 0 Å². The van der Waals surface area contributed by atoms with Gasteiger partial charge in [0.25, 0.3) is 0 Å². The second kappa shape index (κ2) is 5.45. The first-order chi connectivity index (χ1) is 10.0. The Morgan fingerprint density at radius 3 is 2.52 bits per heavy atom. The minimum absolute atomic E-state index is 0.00782. The summed E-state index contributed by atoms with van der Waals surface area (Å²) in [5, 5.41) is 3.58. The van der Waals surface area contributed by atoms with E-state index in [0.717, 1.165) is 25.7 Å². The molecular weight excluding hydrogens is 260 g/mol. The van der Waals surface area contributed by atoms with E-state index in [1.165, 1.54) is 5.56 Å². The maximum atomic E-state index is 12.8. The number of nitrogens with zero attached hydrogens (tertiary/aromatic N) is 1. The molecule has 3 atom stereocenters. The molecule has 3 heteroatoms. The Morgan fingerprint density at radius 2 is 1.95 bits per heavy atom. The largest absolute Gasteiger partial charge is 0.318 e. The van der Waals surface area contributed by atoms with Crippen molar-refractivity contribution >= 4 is 5.91 Å². The van der Waals surface area contributed by atoms with E-state index in [2.05, 4.69) is 55.3 Å². The van der Waals surface area contributed by atoms with E-state index in [0.29, 0.717) is 11.9 Å². The molecule has 1 heterocycles. The Hall–Kier alpha value is -1.35. The summed E-state index contributed by atoms with van der Waals surface area (Å²) in [5.41, 5.74) is 1.47. The summed E-state index contributed by atoms with van der Waals surface area (Å²) < 4.78 is 0. The molecule has 1 saturated carbocycles. The molecular formula is C18H26N2O. The highest BCUT2D eigenvalue weighted by molar-refractivity contribution is 5.85. The van der Waals surface area contributed by atoms with Gasteiger partial charge in [0.2, 0.25) is 5.91 Å². The van der Waals surface area contributed by atoms with E-state index in [-0.39, 0.29) is 17.6 Å². The maximum Gasteiger partial charge on any atom is 0.241 e. The number of amides is 1. The van der Waals surface area contributed by atoms with Gasteiger partial charge in [0.1, 0.15) is 6.17 Å². The maximum absolute atomic E-state index is 12.8. The molecule has 3 rings (SSSR count). The van der Waals surface area contributed by atoms with Gasteiger partial charge in [-0.2, -0.15) is 0 Å². The number of hydrogen-bond acceptors (Lipinski definition) is 2. The van der Waals surface area contributed by atoms with Crippen molar-refractivity contribution in [2.24, 2.45) is 5.41 Å². The number of hydrogen-bond donors (Lipinski definition) is 1. The number of carbonyl (C=O) groups is 1. The first-order valence-corrected chi connectivity index (χ1v) is 8.18. The molecule has 1 saturated heterocycles. The van der Waals surface area contributed by atoms with Crippen molar-refractivity contribution in [2.75, 3.05) is 0 Å². The van der Waals surface area contributed by atoms with Crippen molar-refractivity contribution in [1.29, 1.82) is 0 Å². The van der Waals surface area contributed by atoms with Crippen LogP contribution in [0.3, 0.4) is 0 Å². The van der Waals surface area contributed by atoms with Gasteiger partial charge in [0, 0.05) is 6.04 Å². The van der Waals surface area contributed by atoms with Crippen LogP contribution in [-0.4, -0.2) is 22.9 Å². The van der Waals surface area contributed by atoms with Crippen molar-refractivity contribution in [3.63, 3.8) is 0 Å².